The Balaban J connectivity index is 1.47. The van der Waals surface area contributed by atoms with Crippen LogP contribution in [0.2, 0.25) is 0 Å². The first kappa shape index (κ1) is 30.4. The first-order chi connectivity index (χ1) is 19.2. The van der Waals surface area contributed by atoms with E-state index in [-0.39, 0.29) is 17.6 Å². The van der Waals surface area contributed by atoms with Gasteiger partial charge >= 0.3 is 19.8 Å². The Kier molecular flexibility index (Phi) is 8.69. The molecule has 4 rings (SSSR count). The zero-order valence-electron chi connectivity index (χ0n) is 22.6. The molecule has 0 radical (unpaired) electrons. The highest BCUT2D eigenvalue weighted by atomic mass is 31.1. The van der Waals surface area contributed by atoms with E-state index in [9.17, 15) is 24.1 Å². The van der Waals surface area contributed by atoms with Crippen molar-refractivity contribution in [1.29, 1.82) is 0 Å². The third kappa shape index (κ3) is 6.51. The Morgan fingerprint density at radius 1 is 1.22 bits per heavy atom. The first-order valence-corrected chi connectivity index (χ1v) is 13.9. The fraction of sp³-hybridized carbons (Fsp3) is 0.423. The van der Waals surface area contributed by atoms with Crippen LogP contribution in [0.25, 0.3) is 10.8 Å². The molecule has 3 aromatic rings. The molecule has 12 nitrogen and oxygen atoms in total. The summed E-state index contributed by atoms with van der Waals surface area (Å²) < 4.78 is 65.5. The fourth-order valence-corrected chi connectivity index (χ4v) is 5.15. The van der Waals surface area contributed by atoms with Crippen LogP contribution in [0.5, 0.6) is 11.5 Å². The molecule has 1 aromatic heterocycles. The summed E-state index contributed by atoms with van der Waals surface area (Å²) in [6.07, 6.45) is -3.63. The molecule has 1 aliphatic heterocycles. The number of nitrogens with zero attached hydrogens (tertiary/aromatic N) is 1. The van der Waals surface area contributed by atoms with Gasteiger partial charge in [0.05, 0.1) is 6.10 Å². The predicted octanol–water partition coefficient (Wildman–Crippen LogP) is 2.75. The van der Waals surface area contributed by atoms with Gasteiger partial charge in [0.2, 0.25) is 0 Å². The summed E-state index contributed by atoms with van der Waals surface area (Å²) in [4.78, 5) is 37.4. The number of halogens is 2. The van der Waals surface area contributed by atoms with Crippen molar-refractivity contribution in [2.24, 2.45) is 0 Å². The number of rotatable bonds is 10. The standard InChI is InChI=1S/C26H30F2N3O9P/c1-14(2)38-21(33)15(3)30-41(36)40-17-8-9-18-16(12-17)6-5-7-19(18)37-13-26(28)22(34)25(4,27)23(39-26)31-11-10-20(32)29-24(31)35/h5-12,14-15,22-23,34,41H,13H2,1-4H3,(H,30,36)(H,29,32,35)/t15-,22-,23+,25+,26+/m0/s1. The Labute approximate surface area is 233 Å². The maximum absolute atomic E-state index is 15.8. The smallest absolute Gasteiger partial charge is 0.330 e. The molecule has 1 aliphatic rings. The minimum atomic E-state index is -3.06. The number of aliphatic hydroxyl groups is 1. The Morgan fingerprint density at radius 3 is 2.63 bits per heavy atom. The molecule has 1 saturated heterocycles. The van der Waals surface area contributed by atoms with Crippen LogP contribution in [0.4, 0.5) is 8.78 Å². The van der Waals surface area contributed by atoms with Gasteiger partial charge in [0.1, 0.15) is 24.1 Å². The van der Waals surface area contributed by atoms with E-state index in [1.54, 1.807) is 38.1 Å². The Hall–Kier alpha value is -3.58. The number of H-pyrrole nitrogens is 1. The predicted molar refractivity (Wildman–Crippen MR) is 144 cm³/mol. The number of esters is 1. The first-order valence-electron chi connectivity index (χ1n) is 12.6. The highest BCUT2D eigenvalue weighted by Gasteiger charge is 2.65. The van der Waals surface area contributed by atoms with Crippen molar-refractivity contribution in [3.05, 3.63) is 69.5 Å². The second-order valence-electron chi connectivity index (χ2n) is 10.00. The molecule has 2 heterocycles. The number of alkyl halides is 2. The summed E-state index contributed by atoms with van der Waals surface area (Å²) in [5, 5.41) is 14.1. The van der Waals surface area contributed by atoms with Gasteiger partial charge in [-0.15, -0.1) is 0 Å². The quantitative estimate of drug-likeness (QED) is 0.234. The molecule has 15 heteroatoms. The number of ether oxygens (including phenoxy) is 3. The van der Waals surface area contributed by atoms with E-state index >= 15 is 8.78 Å². The van der Waals surface area contributed by atoms with Crippen LogP contribution in [0.3, 0.4) is 0 Å². The van der Waals surface area contributed by atoms with E-state index < -0.39 is 61.9 Å². The van der Waals surface area contributed by atoms with Gasteiger partial charge in [0.15, 0.2) is 18.0 Å². The number of fused-ring (bicyclic) bond motifs is 1. The minimum absolute atomic E-state index is 0.155. The zero-order chi connectivity index (χ0) is 30.1. The van der Waals surface area contributed by atoms with Crippen molar-refractivity contribution in [2.75, 3.05) is 6.61 Å². The molecule has 1 unspecified atom stereocenters. The van der Waals surface area contributed by atoms with Gasteiger partial charge in [0.25, 0.3) is 11.4 Å². The highest BCUT2D eigenvalue weighted by Crippen LogP contribution is 2.47. The monoisotopic (exact) mass is 597 g/mol. The number of aromatic amines is 1. The van der Waals surface area contributed by atoms with Crippen LogP contribution in [-0.4, -0.2) is 57.0 Å². The highest BCUT2D eigenvalue weighted by molar-refractivity contribution is 7.37. The van der Waals surface area contributed by atoms with Crippen LogP contribution in [0.15, 0.2) is 58.3 Å². The number of carbonyl (C=O) groups is 1. The lowest BCUT2D eigenvalue weighted by atomic mass is 9.97. The normalized spacial score (nSPS) is 25.7. The molecule has 0 bridgehead atoms. The van der Waals surface area contributed by atoms with Crippen LogP contribution >= 0.6 is 8.18 Å². The molecular formula is C26H30F2N3O9P. The molecule has 0 saturated carbocycles. The largest absolute Gasteiger partial charge is 0.487 e. The van der Waals surface area contributed by atoms with Crippen LogP contribution in [0.1, 0.15) is 33.9 Å². The summed E-state index contributed by atoms with van der Waals surface area (Å²) in [6, 6.07) is 9.45. The second-order valence-corrected chi connectivity index (χ2v) is 11.1. The molecule has 0 spiro atoms. The van der Waals surface area contributed by atoms with Gasteiger partial charge in [-0.3, -0.25) is 23.7 Å². The van der Waals surface area contributed by atoms with Crippen LogP contribution < -0.4 is 25.6 Å². The summed E-state index contributed by atoms with van der Waals surface area (Å²) >= 11 is 0. The van der Waals surface area contributed by atoms with Gasteiger partial charge in [-0.1, -0.05) is 12.1 Å². The van der Waals surface area contributed by atoms with E-state index in [4.69, 9.17) is 18.7 Å². The van der Waals surface area contributed by atoms with Gasteiger partial charge < -0.3 is 23.8 Å². The van der Waals surface area contributed by atoms with Crippen molar-refractivity contribution in [3.63, 3.8) is 0 Å². The number of nitrogens with one attached hydrogen (secondary N) is 2. The van der Waals surface area contributed by atoms with E-state index in [1.807, 2.05) is 4.98 Å². The molecule has 6 atom stereocenters. The molecule has 3 N–H and O–H groups in total. The third-order valence-electron chi connectivity index (χ3n) is 6.32. The molecule has 0 aliphatic carbocycles. The summed E-state index contributed by atoms with van der Waals surface area (Å²) in [6.45, 7) is 4.81. The number of benzene rings is 2. The van der Waals surface area contributed by atoms with Gasteiger partial charge in [-0.2, -0.15) is 0 Å². The van der Waals surface area contributed by atoms with Gasteiger partial charge in [0, 0.05) is 17.6 Å². The van der Waals surface area contributed by atoms with Crippen molar-refractivity contribution in [2.45, 2.75) is 63.7 Å². The van der Waals surface area contributed by atoms with Crippen LogP contribution in [0, 0.1) is 0 Å². The number of hydrogen-bond acceptors (Lipinski definition) is 9. The van der Waals surface area contributed by atoms with Crippen molar-refractivity contribution < 1.29 is 42.0 Å². The lowest BCUT2D eigenvalue weighted by Gasteiger charge is -2.25. The third-order valence-corrected chi connectivity index (χ3v) is 7.41. The fourth-order valence-electron chi connectivity index (χ4n) is 4.28. The second kappa shape index (κ2) is 11.7. The Morgan fingerprint density at radius 2 is 1.95 bits per heavy atom. The maximum atomic E-state index is 15.8. The maximum Gasteiger partial charge on any atom is 0.330 e. The van der Waals surface area contributed by atoms with Crippen LogP contribution in [-0.2, 0) is 18.8 Å². The molecular weight excluding hydrogens is 567 g/mol. The van der Waals surface area contributed by atoms with E-state index in [0.717, 1.165) is 19.2 Å². The molecule has 2 aromatic carbocycles. The lowest BCUT2D eigenvalue weighted by molar-refractivity contribution is -0.202. The zero-order valence-corrected chi connectivity index (χ0v) is 23.6. The van der Waals surface area contributed by atoms with Gasteiger partial charge in [-0.25, -0.2) is 18.7 Å². The topological polar surface area (TPSA) is 158 Å². The van der Waals surface area contributed by atoms with Crippen molar-refractivity contribution in [1.82, 2.24) is 14.6 Å². The molecule has 222 valence electrons. The number of aliphatic hydroxyl groups excluding tert-OH is 1. The molecule has 0 amide bonds. The SMILES string of the molecule is CC(C)OC(=O)[C@H](C)N[PH](=O)Oc1ccc2c(OC[C@@]3(F)O[C@@H](n4ccc(=O)[nH]c4=O)[C@](C)(F)[C@@H]3O)cccc2c1. The minimum Gasteiger partial charge on any atom is -0.487 e. The Bertz CT molecular complexity index is 1580. The van der Waals surface area contributed by atoms with E-state index in [0.29, 0.717) is 15.3 Å². The number of hydrogen-bond donors (Lipinski definition) is 3. The molecule has 41 heavy (non-hydrogen) atoms. The lowest BCUT2D eigenvalue weighted by Crippen LogP contribution is -2.48. The summed E-state index contributed by atoms with van der Waals surface area (Å²) in [5.74, 6) is -3.26. The molecule has 1 fully saturated rings. The summed E-state index contributed by atoms with van der Waals surface area (Å²) in [7, 11) is -2.88. The number of carbonyl (C=O) groups excluding carboxylic acids is 1. The average Bonchev–Trinajstić information content (AvgIpc) is 3.07. The number of aromatic nitrogens is 2. The van der Waals surface area contributed by atoms with Crippen molar-refractivity contribution in [3.8, 4) is 11.5 Å². The van der Waals surface area contributed by atoms with E-state index in [2.05, 4.69) is 5.09 Å². The average molecular weight is 598 g/mol. The van der Waals surface area contributed by atoms with E-state index in [1.165, 1.54) is 19.1 Å². The summed E-state index contributed by atoms with van der Waals surface area (Å²) in [5.41, 5.74) is -4.55. The van der Waals surface area contributed by atoms with Crippen molar-refractivity contribution >= 4 is 24.9 Å². The van der Waals surface area contributed by atoms with Gasteiger partial charge in [-0.05, 0) is 57.3 Å².